The SMILES string of the molecule is O=S(=O)(c1ccc(F)cc1)N1CCN(CC(O)COCc2ccccc2)CC1. The number of sulfonamides is 1. The van der Waals surface area contributed by atoms with Crippen LogP contribution in [0.5, 0.6) is 0 Å². The monoisotopic (exact) mass is 408 g/mol. The number of ether oxygens (including phenoxy) is 1. The van der Waals surface area contributed by atoms with Crippen molar-refractivity contribution in [3.8, 4) is 0 Å². The molecule has 0 amide bonds. The Morgan fingerprint density at radius 1 is 1.00 bits per heavy atom. The summed E-state index contributed by atoms with van der Waals surface area (Å²) in [4.78, 5) is 2.12. The van der Waals surface area contributed by atoms with Gasteiger partial charge >= 0.3 is 0 Å². The molecule has 0 bridgehead atoms. The van der Waals surface area contributed by atoms with Gasteiger partial charge in [0, 0.05) is 32.7 Å². The third-order valence-electron chi connectivity index (χ3n) is 4.67. The number of benzene rings is 2. The lowest BCUT2D eigenvalue weighted by Gasteiger charge is -2.34. The van der Waals surface area contributed by atoms with Crippen LogP contribution in [-0.2, 0) is 21.4 Å². The molecule has 1 aliphatic rings. The summed E-state index contributed by atoms with van der Waals surface area (Å²) in [6, 6.07) is 14.6. The van der Waals surface area contributed by atoms with E-state index in [4.69, 9.17) is 4.74 Å². The molecule has 1 heterocycles. The van der Waals surface area contributed by atoms with Crippen molar-refractivity contribution in [1.29, 1.82) is 0 Å². The standard InChI is InChI=1S/C20H25FN2O4S/c21-18-6-8-20(9-7-18)28(25,26)23-12-10-22(11-13-23)14-19(24)16-27-15-17-4-2-1-3-5-17/h1-9,19,24H,10-16H2. The average Bonchev–Trinajstić information content (AvgIpc) is 2.69. The summed E-state index contributed by atoms with van der Waals surface area (Å²) in [5.41, 5.74) is 1.05. The molecule has 0 aromatic heterocycles. The highest BCUT2D eigenvalue weighted by Crippen LogP contribution is 2.18. The van der Waals surface area contributed by atoms with Gasteiger partial charge in [0.2, 0.25) is 10.0 Å². The molecule has 0 spiro atoms. The minimum Gasteiger partial charge on any atom is -0.389 e. The van der Waals surface area contributed by atoms with E-state index in [-0.39, 0.29) is 11.5 Å². The number of nitrogens with zero attached hydrogens (tertiary/aromatic N) is 2. The molecular weight excluding hydrogens is 383 g/mol. The molecule has 152 valence electrons. The van der Waals surface area contributed by atoms with Crippen molar-refractivity contribution in [3.05, 3.63) is 66.0 Å². The first-order chi connectivity index (χ1) is 13.4. The van der Waals surface area contributed by atoms with Gasteiger partial charge in [0.15, 0.2) is 0 Å². The third kappa shape index (κ3) is 5.59. The Morgan fingerprint density at radius 3 is 2.29 bits per heavy atom. The van der Waals surface area contributed by atoms with Crippen molar-refractivity contribution >= 4 is 10.0 Å². The minimum absolute atomic E-state index is 0.0942. The van der Waals surface area contributed by atoms with Crippen LogP contribution in [0.4, 0.5) is 4.39 Å². The van der Waals surface area contributed by atoms with Crippen molar-refractivity contribution < 1.29 is 22.7 Å². The van der Waals surface area contributed by atoms with Crippen molar-refractivity contribution in [1.82, 2.24) is 9.21 Å². The van der Waals surface area contributed by atoms with Gasteiger partial charge in [-0.05, 0) is 29.8 Å². The van der Waals surface area contributed by atoms with E-state index in [0.717, 1.165) is 17.7 Å². The quantitative estimate of drug-likeness (QED) is 0.720. The number of aliphatic hydroxyl groups is 1. The van der Waals surface area contributed by atoms with E-state index in [1.165, 1.54) is 16.4 Å². The fourth-order valence-corrected chi connectivity index (χ4v) is 4.57. The molecule has 1 unspecified atom stereocenters. The summed E-state index contributed by atoms with van der Waals surface area (Å²) in [6.07, 6.45) is -0.635. The Labute approximate surface area is 165 Å². The van der Waals surface area contributed by atoms with Crippen LogP contribution >= 0.6 is 0 Å². The molecule has 0 saturated carbocycles. The first kappa shape index (κ1) is 20.9. The fourth-order valence-electron chi connectivity index (χ4n) is 3.15. The summed E-state index contributed by atoms with van der Waals surface area (Å²) in [7, 11) is -3.62. The number of rotatable bonds is 8. The number of β-amino-alcohol motifs (C(OH)–C–C–N with tert-alkyl or cyclic N) is 1. The van der Waals surface area contributed by atoms with E-state index >= 15 is 0 Å². The number of piperazine rings is 1. The number of halogens is 1. The summed E-state index contributed by atoms with van der Waals surface area (Å²) in [5.74, 6) is -0.466. The molecule has 0 radical (unpaired) electrons. The van der Waals surface area contributed by atoms with E-state index in [9.17, 15) is 17.9 Å². The maximum absolute atomic E-state index is 13.0. The van der Waals surface area contributed by atoms with E-state index in [1.807, 2.05) is 35.2 Å². The average molecular weight is 408 g/mol. The van der Waals surface area contributed by atoms with Gasteiger partial charge in [0.25, 0.3) is 0 Å². The highest BCUT2D eigenvalue weighted by molar-refractivity contribution is 7.89. The lowest BCUT2D eigenvalue weighted by molar-refractivity contribution is 0.00539. The van der Waals surface area contributed by atoms with Crippen LogP contribution in [-0.4, -0.2) is 68.2 Å². The van der Waals surface area contributed by atoms with E-state index < -0.39 is 21.9 Å². The minimum atomic E-state index is -3.62. The van der Waals surface area contributed by atoms with Gasteiger partial charge in [0.05, 0.1) is 24.2 Å². The Kier molecular flexibility index (Phi) is 7.14. The predicted octanol–water partition coefficient (Wildman–Crippen LogP) is 1.71. The maximum atomic E-state index is 13.0. The zero-order chi connectivity index (χ0) is 20.0. The van der Waals surface area contributed by atoms with Crippen molar-refractivity contribution in [2.75, 3.05) is 39.3 Å². The largest absolute Gasteiger partial charge is 0.389 e. The van der Waals surface area contributed by atoms with Crippen molar-refractivity contribution in [2.45, 2.75) is 17.6 Å². The van der Waals surface area contributed by atoms with Crippen LogP contribution < -0.4 is 0 Å². The summed E-state index contributed by atoms with van der Waals surface area (Å²) in [5, 5.41) is 10.2. The summed E-state index contributed by atoms with van der Waals surface area (Å²) < 4.78 is 45.2. The van der Waals surface area contributed by atoms with Gasteiger partial charge in [-0.15, -0.1) is 0 Å². The zero-order valence-electron chi connectivity index (χ0n) is 15.6. The van der Waals surface area contributed by atoms with Crippen LogP contribution in [0.15, 0.2) is 59.5 Å². The van der Waals surface area contributed by atoms with Gasteiger partial charge in [-0.3, -0.25) is 4.90 Å². The first-order valence-corrected chi connectivity index (χ1v) is 10.7. The predicted molar refractivity (Wildman–Crippen MR) is 104 cm³/mol. The van der Waals surface area contributed by atoms with E-state index in [2.05, 4.69) is 0 Å². The van der Waals surface area contributed by atoms with Gasteiger partial charge < -0.3 is 9.84 Å². The van der Waals surface area contributed by atoms with Crippen LogP contribution in [0, 0.1) is 5.82 Å². The fraction of sp³-hybridized carbons (Fsp3) is 0.400. The van der Waals surface area contributed by atoms with Crippen molar-refractivity contribution in [2.24, 2.45) is 0 Å². The Morgan fingerprint density at radius 2 is 1.64 bits per heavy atom. The third-order valence-corrected chi connectivity index (χ3v) is 6.59. The molecule has 1 atom stereocenters. The second kappa shape index (κ2) is 9.58. The van der Waals surface area contributed by atoms with Gasteiger partial charge in [-0.1, -0.05) is 30.3 Å². The maximum Gasteiger partial charge on any atom is 0.243 e. The summed E-state index contributed by atoms with van der Waals surface area (Å²) in [6.45, 7) is 2.81. The molecule has 8 heteroatoms. The second-order valence-corrected chi connectivity index (χ2v) is 8.75. The van der Waals surface area contributed by atoms with E-state index in [1.54, 1.807) is 0 Å². The Hall–Kier alpha value is -1.84. The van der Waals surface area contributed by atoms with Gasteiger partial charge in [-0.2, -0.15) is 4.31 Å². The molecule has 1 saturated heterocycles. The Bertz CT molecular complexity index is 838. The number of hydrogen-bond acceptors (Lipinski definition) is 5. The molecule has 3 rings (SSSR count). The highest BCUT2D eigenvalue weighted by atomic mass is 32.2. The van der Waals surface area contributed by atoms with Gasteiger partial charge in [-0.25, -0.2) is 12.8 Å². The zero-order valence-corrected chi connectivity index (χ0v) is 16.4. The van der Waals surface area contributed by atoms with Crippen LogP contribution in [0.25, 0.3) is 0 Å². The lowest BCUT2D eigenvalue weighted by Crippen LogP contribution is -2.50. The highest BCUT2D eigenvalue weighted by Gasteiger charge is 2.29. The molecule has 1 N–H and O–H groups in total. The topological polar surface area (TPSA) is 70.1 Å². The second-order valence-electron chi connectivity index (χ2n) is 6.81. The smallest absolute Gasteiger partial charge is 0.243 e. The van der Waals surface area contributed by atoms with Crippen LogP contribution in [0.3, 0.4) is 0 Å². The molecule has 1 fully saturated rings. The van der Waals surface area contributed by atoms with Crippen LogP contribution in [0.1, 0.15) is 5.56 Å². The normalized spacial score (nSPS) is 17.5. The van der Waals surface area contributed by atoms with E-state index in [0.29, 0.717) is 39.3 Å². The molecule has 6 nitrogen and oxygen atoms in total. The van der Waals surface area contributed by atoms with Gasteiger partial charge in [0.1, 0.15) is 5.82 Å². The molecule has 0 aliphatic carbocycles. The lowest BCUT2D eigenvalue weighted by atomic mass is 10.2. The van der Waals surface area contributed by atoms with Crippen molar-refractivity contribution in [3.63, 3.8) is 0 Å². The number of hydrogen-bond donors (Lipinski definition) is 1. The number of aliphatic hydroxyl groups excluding tert-OH is 1. The first-order valence-electron chi connectivity index (χ1n) is 9.23. The molecule has 2 aromatic rings. The van der Waals surface area contributed by atoms with Crippen LogP contribution in [0.2, 0.25) is 0 Å². The molecular formula is C20H25FN2O4S. The summed E-state index contributed by atoms with van der Waals surface area (Å²) >= 11 is 0. The molecule has 2 aromatic carbocycles. The Balaban J connectivity index is 1.42. The molecule has 28 heavy (non-hydrogen) atoms. The molecule has 1 aliphatic heterocycles.